The molecule has 0 N–H and O–H groups in total. The van der Waals surface area contributed by atoms with Crippen LogP contribution in [0.2, 0.25) is 0 Å². The van der Waals surface area contributed by atoms with Gasteiger partial charge < -0.3 is 19.1 Å². The number of carbonyl (C=O) groups is 2. The maximum Gasteiger partial charge on any atom is 0.245 e. The standard InChI is InChI=1S/C15H21N3O4/c1-11-9-12(16-22-11)10-14(19)18-4-2-3-13(18)15(20)17-5-7-21-8-6-17/h9,13H,2-8,10H2,1H3. The van der Waals surface area contributed by atoms with Crippen LogP contribution in [-0.4, -0.2) is 65.7 Å². The first kappa shape index (κ1) is 15.0. The molecule has 0 aliphatic carbocycles. The number of carbonyl (C=O) groups excluding carboxylic acids is 2. The maximum atomic E-state index is 12.6. The van der Waals surface area contributed by atoms with Crippen molar-refractivity contribution in [2.45, 2.75) is 32.2 Å². The Bertz CT molecular complexity index is 551. The molecule has 0 radical (unpaired) electrons. The number of ether oxygens (including phenoxy) is 1. The second-order valence-corrected chi connectivity index (χ2v) is 5.79. The molecule has 1 atom stereocenters. The van der Waals surface area contributed by atoms with E-state index < -0.39 is 0 Å². The fourth-order valence-corrected chi connectivity index (χ4v) is 3.07. The molecule has 3 heterocycles. The van der Waals surface area contributed by atoms with Gasteiger partial charge in [-0.3, -0.25) is 9.59 Å². The summed E-state index contributed by atoms with van der Waals surface area (Å²) in [7, 11) is 0. The van der Waals surface area contributed by atoms with Gasteiger partial charge in [-0.15, -0.1) is 0 Å². The Balaban J connectivity index is 1.64. The van der Waals surface area contributed by atoms with Crippen LogP contribution in [-0.2, 0) is 20.7 Å². The summed E-state index contributed by atoms with van der Waals surface area (Å²) in [6, 6.07) is 1.42. The Morgan fingerprint density at radius 2 is 2.09 bits per heavy atom. The summed E-state index contributed by atoms with van der Waals surface area (Å²) in [5.74, 6) is 0.674. The third-order valence-corrected chi connectivity index (χ3v) is 4.19. The van der Waals surface area contributed by atoms with E-state index in [2.05, 4.69) is 5.16 Å². The number of morpholine rings is 1. The highest BCUT2D eigenvalue weighted by Gasteiger charge is 2.36. The van der Waals surface area contributed by atoms with E-state index in [1.165, 1.54) is 0 Å². The fraction of sp³-hybridized carbons (Fsp3) is 0.667. The molecule has 0 saturated carbocycles. The van der Waals surface area contributed by atoms with Crippen LogP contribution in [0.1, 0.15) is 24.3 Å². The second-order valence-electron chi connectivity index (χ2n) is 5.79. The third kappa shape index (κ3) is 3.14. The van der Waals surface area contributed by atoms with Crippen LogP contribution in [0.25, 0.3) is 0 Å². The van der Waals surface area contributed by atoms with Crippen LogP contribution >= 0.6 is 0 Å². The molecule has 2 amide bonds. The van der Waals surface area contributed by atoms with Crippen molar-refractivity contribution < 1.29 is 18.8 Å². The minimum Gasteiger partial charge on any atom is -0.378 e. The average molecular weight is 307 g/mol. The lowest BCUT2D eigenvalue weighted by Crippen LogP contribution is -2.51. The predicted octanol–water partition coefficient (Wildman–Crippen LogP) is 0.375. The van der Waals surface area contributed by atoms with Gasteiger partial charge in [-0.05, 0) is 19.8 Å². The summed E-state index contributed by atoms with van der Waals surface area (Å²) < 4.78 is 10.3. The number of hydrogen-bond donors (Lipinski definition) is 0. The maximum absolute atomic E-state index is 12.6. The molecule has 0 aromatic carbocycles. The molecule has 1 unspecified atom stereocenters. The molecular weight excluding hydrogens is 286 g/mol. The Morgan fingerprint density at radius 1 is 1.32 bits per heavy atom. The Morgan fingerprint density at radius 3 is 2.77 bits per heavy atom. The van der Waals surface area contributed by atoms with E-state index in [0.29, 0.717) is 44.3 Å². The van der Waals surface area contributed by atoms with Gasteiger partial charge in [0.15, 0.2) is 0 Å². The van der Waals surface area contributed by atoms with Gasteiger partial charge in [-0.2, -0.15) is 0 Å². The van der Waals surface area contributed by atoms with Gasteiger partial charge in [0.05, 0.1) is 25.3 Å². The summed E-state index contributed by atoms with van der Waals surface area (Å²) in [5.41, 5.74) is 0.618. The molecule has 7 heteroatoms. The minimum atomic E-state index is -0.335. The summed E-state index contributed by atoms with van der Waals surface area (Å²) in [6.45, 7) is 4.80. The number of likely N-dealkylation sites (tertiary alicyclic amines) is 1. The zero-order chi connectivity index (χ0) is 15.5. The smallest absolute Gasteiger partial charge is 0.245 e. The lowest BCUT2D eigenvalue weighted by Gasteiger charge is -2.32. The zero-order valence-corrected chi connectivity index (χ0v) is 12.8. The van der Waals surface area contributed by atoms with Gasteiger partial charge in [-0.1, -0.05) is 5.16 Å². The van der Waals surface area contributed by atoms with Crippen molar-refractivity contribution in [1.29, 1.82) is 0 Å². The van der Waals surface area contributed by atoms with Crippen molar-refractivity contribution in [2.24, 2.45) is 0 Å². The van der Waals surface area contributed by atoms with E-state index in [9.17, 15) is 9.59 Å². The second kappa shape index (κ2) is 6.48. The van der Waals surface area contributed by atoms with Crippen LogP contribution in [0.5, 0.6) is 0 Å². The fourth-order valence-electron chi connectivity index (χ4n) is 3.07. The SMILES string of the molecule is Cc1cc(CC(=O)N2CCCC2C(=O)N2CCOCC2)no1. The zero-order valence-electron chi connectivity index (χ0n) is 12.8. The average Bonchev–Trinajstić information content (AvgIpc) is 3.16. The molecule has 7 nitrogen and oxygen atoms in total. The monoisotopic (exact) mass is 307 g/mol. The van der Waals surface area contributed by atoms with E-state index >= 15 is 0 Å². The van der Waals surface area contributed by atoms with E-state index in [4.69, 9.17) is 9.26 Å². The van der Waals surface area contributed by atoms with Gasteiger partial charge >= 0.3 is 0 Å². The van der Waals surface area contributed by atoms with Crippen LogP contribution in [0.4, 0.5) is 0 Å². The first-order valence-electron chi connectivity index (χ1n) is 7.73. The van der Waals surface area contributed by atoms with Gasteiger partial charge in [0, 0.05) is 25.7 Å². The number of amides is 2. The highest BCUT2D eigenvalue weighted by Crippen LogP contribution is 2.21. The first-order chi connectivity index (χ1) is 10.6. The highest BCUT2D eigenvalue weighted by molar-refractivity contribution is 5.89. The predicted molar refractivity (Wildman–Crippen MR) is 77.1 cm³/mol. The Labute approximate surface area is 129 Å². The summed E-state index contributed by atoms with van der Waals surface area (Å²) >= 11 is 0. The molecule has 120 valence electrons. The summed E-state index contributed by atoms with van der Waals surface area (Å²) in [6.07, 6.45) is 1.79. The van der Waals surface area contributed by atoms with Crippen LogP contribution in [0.15, 0.2) is 10.6 Å². The topological polar surface area (TPSA) is 75.9 Å². The number of rotatable bonds is 3. The molecule has 3 rings (SSSR count). The molecule has 2 aliphatic rings. The van der Waals surface area contributed by atoms with E-state index in [0.717, 1.165) is 12.8 Å². The van der Waals surface area contributed by atoms with Crippen molar-refractivity contribution in [1.82, 2.24) is 15.0 Å². The van der Waals surface area contributed by atoms with Crippen molar-refractivity contribution >= 4 is 11.8 Å². The number of nitrogens with zero attached hydrogens (tertiary/aromatic N) is 3. The highest BCUT2D eigenvalue weighted by atomic mass is 16.5. The van der Waals surface area contributed by atoms with Gasteiger partial charge in [0.25, 0.3) is 0 Å². The van der Waals surface area contributed by atoms with Gasteiger partial charge in [-0.25, -0.2) is 0 Å². The third-order valence-electron chi connectivity index (χ3n) is 4.19. The minimum absolute atomic E-state index is 0.0467. The normalized spacial score (nSPS) is 22.1. The molecule has 0 bridgehead atoms. The number of hydrogen-bond acceptors (Lipinski definition) is 5. The van der Waals surface area contributed by atoms with E-state index in [1.807, 2.05) is 0 Å². The summed E-state index contributed by atoms with van der Waals surface area (Å²) in [4.78, 5) is 28.6. The Hall–Kier alpha value is -1.89. The molecule has 22 heavy (non-hydrogen) atoms. The molecule has 2 fully saturated rings. The first-order valence-corrected chi connectivity index (χ1v) is 7.73. The molecule has 2 saturated heterocycles. The van der Waals surface area contributed by atoms with Crippen LogP contribution in [0, 0.1) is 6.92 Å². The van der Waals surface area contributed by atoms with Crippen molar-refractivity contribution in [3.63, 3.8) is 0 Å². The molecular formula is C15H21N3O4. The van der Waals surface area contributed by atoms with Crippen LogP contribution < -0.4 is 0 Å². The lowest BCUT2D eigenvalue weighted by molar-refractivity contribution is -0.146. The van der Waals surface area contributed by atoms with Gasteiger partial charge in [0.2, 0.25) is 11.8 Å². The lowest BCUT2D eigenvalue weighted by atomic mass is 10.1. The van der Waals surface area contributed by atoms with Gasteiger partial charge in [0.1, 0.15) is 11.8 Å². The van der Waals surface area contributed by atoms with E-state index in [-0.39, 0.29) is 24.3 Å². The summed E-state index contributed by atoms with van der Waals surface area (Å²) in [5, 5.41) is 3.85. The Kier molecular flexibility index (Phi) is 4.42. The van der Waals surface area contributed by atoms with Crippen molar-refractivity contribution in [3.05, 3.63) is 17.5 Å². The molecule has 2 aliphatic heterocycles. The largest absolute Gasteiger partial charge is 0.378 e. The van der Waals surface area contributed by atoms with Crippen molar-refractivity contribution in [2.75, 3.05) is 32.8 Å². The number of aryl methyl sites for hydroxylation is 1. The molecule has 0 spiro atoms. The quantitative estimate of drug-likeness (QED) is 0.807. The number of aromatic nitrogens is 1. The van der Waals surface area contributed by atoms with Crippen molar-refractivity contribution in [3.8, 4) is 0 Å². The molecule has 1 aromatic heterocycles. The van der Waals surface area contributed by atoms with Crippen LogP contribution in [0.3, 0.4) is 0 Å². The van der Waals surface area contributed by atoms with E-state index in [1.54, 1.807) is 22.8 Å². The molecule has 1 aromatic rings.